The lowest BCUT2D eigenvalue weighted by atomic mass is 10.0. The van der Waals surface area contributed by atoms with Gasteiger partial charge < -0.3 is 9.57 Å². The van der Waals surface area contributed by atoms with E-state index in [-0.39, 0.29) is 0 Å². The van der Waals surface area contributed by atoms with E-state index in [0.717, 1.165) is 11.3 Å². The van der Waals surface area contributed by atoms with Crippen molar-refractivity contribution in [2.24, 2.45) is 0 Å². The van der Waals surface area contributed by atoms with E-state index in [1.807, 2.05) is 25.1 Å². The van der Waals surface area contributed by atoms with Crippen LogP contribution >= 0.6 is 0 Å². The van der Waals surface area contributed by atoms with E-state index in [2.05, 4.69) is 23.7 Å². The van der Waals surface area contributed by atoms with Crippen LogP contribution < -0.4 is 10.2 Å². The number of nitrogens with one attached hydrogen (secondary N) is 1. The second-order valence-corrected chi connectivity index (χ2v) is 3.72. The fourth-order valence-electron chi connectivity index (χ4n) is 1.91. The van der Waals surface area contributed by atoms with Gasteiger partial charge in [0.25, 0.3) is 0 Å². The number of ether oxygens (including phenoxy) is 1. The van der Waals surface area contributed by atoms with Crippen molar-refractivity contribution >= 4 is 10.8 Å². The molecule has 0 aliphatic rings. The Kier molecular flexibility index (Phi) is 3.96. The Morgan fingerprint density at radius 1 is 1.12 bits per heavy atom. The standard InChI is InChI=1S/C14H17NO2/c1-3-17-15-10-13-12-7-5-4-6-11(12)8-9-14(13)16-2/h4-9,15H,3,10H2,1-2H3. The van der Waals surface area contributed by atoms with Crippen LogP contribution in [-0.2, 0) is 11.4 Å². The van der Waals surface area contributed by atoms with Gasteiger partial charge in [-0.2, -0.15) is 5.48 Å². The molecule has 2 rings (SSSR count). The zero-order valence-electron chi connectivity index (χ0n) is 10.2. The molecule has 2 aromatic carbocycles. The summed E-state index contributed by atoms with van der Waals surface area (Å²) < 4.78 is 5.39. The Labute approximate surface area is 101 Å². The number of methoxy groups -OCH3 is 1. The van der Waals surface area contributed by atoms with Crippen LogP contribution in [0.25, 0.3) is 10.8 Å². The van der Waals surface area contributed by atoms with Crippen molar-refractivity contribution in [2.75, 3.05) is 13.7 Å². The summed E-state index contributed by atoms with van der Waals surface area (Å²) in [5.41, 5.74) is 4.06. The minimum absolute atomic E-state index is 0.637. The van der Waals surface area contributed by atoms with E-state index < -0.39 is 0 Å². The highest BCUT2D eigenvalue weighted by Gasteiger charge is 2.07. The minimum atomic E-state index is 0.637. The minimum Gasteiger partial charge on any atom is -0.496 e. The summed E-state index contributed by atoms with van der Waals surface area (Å²) in [6.07, 6.45) is 0. The first-order chi connectivity index (χ1) is 8.36. The smallest absolute Gasteiger partial charge is 0.124 e. The van der Waals surface area contributed by atoms with E-state index in [1.165, 1.54) is 10.8 Å². The maximum absolute atomic E-state index is 5.39. The summed E-state index contributed by atoms with van der Waals surface area (Å²) in [6, 6.07) is 12.3. The number of hydroxylamine groups is 1. The van der Waals surface area contributed by atoms with Gasteiger partial charge in [-0.3, -0.25) is 0 Å². The van der Waals surface area contributed by atoms with Gasteiger partial charge in [-0.15, -0.1) is 0 Å². The maximum Gasteiger partial charge on any atom is 0.124 e. The molecule has 90 valence electrons. The molecule has 2 aromatic rings. The molecule has 1 N–H and O–H groups in total. The number of fused-ring (bicyclic) bond motifs is 1. The molecule has 0 amide bonds. The van der Waals surface area contributed by atoms with Gasteiger partial charge in [0.15, 0.2) is 0 Å². The third-order valence-corrected chi connectivity index (χ3v) is 2.71. The van der Waals surface area contributed by atoms with Gasteiger partial charge in [0.05, 0.1) is 20.3 Å². The highest BCUT2D eigenvalue weighted by molar-refractivity contribution is 5.87. The molecule has 0 aliphatic carbocycles. The molecule has 3 nitrogen and oxygen atoms in total. The normalized spacial score (nSPS) is 10.7. The van der Waals surface area contributed by atoms with Crippen LogP contribution in [0, 0.1) is 0 Å². The quantitative estimate of drug-likeness (QED) is 0.634. The molecule has 0 aromatic heterocycles. The lowest BCUT2D eigenvalue weighted by molar-refractivity contribution is 0.0461. The molecular formula is C14H17NO2. The second-order valence-electron chi connectivity index (χ2n) is 3.72. The lowest BCUT2D eigenvalue weighted by Crippen LogP contribution is -2.14. The SMILES string of the molecule is CCONCc1c(OC)ccc2ccccc12. The number of benzene rings is 2. The molecule has 0 spiro atoms. The first-order valence-electron chi connectivity index (χ1n) is 5.76. The zero-order chi connectivity index (χ0) is 12.1. The summed E-state index contributed by atoms with van der Waals surface area (Å²) in [5, 5.41) is 2.40. The molecule has 0 unspecified atom stereocenters. The van der Waals surface area contributed by atoms with Gasteiger partial charge in [0.1, 0.15) is 5.75 Å². The highest BCUT2D eigenvalue weighted by atomic mass is 16.6. The molecule has 3 heteroatoms. The van der Waals surface area contributed by atoms with E-state index in [0.29, 0.717) is 13.2 Å². The van der Waals surface area contributed by atoms with Crippen LogP contribution in [-0.4, -0.2) is 13.7 Å². The Morgan fingerprint density at radius 3 is 2.71 bits per heavy atom. The van der Waals surface area contributed by atoms with Crippen LogP contribution in [0.15, 0.2) is 36.4 Å². The topological polar surface area (TPSA) is 30.5 Å². The third kappa shape index (κ3) is 2.57. The Balaban J connectivity index is 2.40. The molecule has 0 saturated heterocycles. The van der Waals surface area contributed by atoms with Crippen LogP contribution in [0.2, 0.25) is 0 Å². The molecule has 17 heavy (non-hydrogen) atoms. The molecule has 0 saturated carbocycles. The average molecular weight is 231 g/mol. The van der Waals surface area contributed by atoms with Crippen molar-refractivity contribution in [1.82, 2.24) is 5.48 Å². The highest BCUT2D eigenvalue weighted by Crippen LogP contribution is 2.27. The monoisotopic (exact) mass is 231 g/mol. The summed E-state index contributed by atoms with van der Waals surface area (Å²) in [7, 11) is 1.69. The van der Waals surface area contributed by atoms with Gasteiger partial charge in [0.2, 0.25) is 0 Å². The third-order valence-electron chi connectivity index (χ3n) is 2.71. The van der Waals surface area contributed by atoms with E-state index in [1.54, 1.807) is 7.11 Å². The summed E-state index contributed by atoms with van der Waals surface area (Å²) in [4.78, 5) is 5.18. The maximum atomic E-state index is 5.39. The Hall–Kier alpha value is -1.58. The molecule has 0 aliphatic heterocycles. The van der Waals surface area contributed by atoms with Crippen LogP contribution in [0.5, 0.6) is 5.75 Å². The number of hydrogen-bond donors (Lipinski definition) is 1. The van der Waals surface area contributed by atoms with Crippen molar-refractivity contribution in [3.8, 4) is 5.75 Å². The summed E-state index contributed by atoms with van der Waals surface area (Å²) in [6.45, 7) is 3.23. The van der Waals surface area contributed by atoms with Gasteiger partial charge >= 0.3 is 0 Å². The van der Waals surface area contributed by atoms with E-state index in [9.17, 15) is 0 Å². The summed E-state index contributed by atoms with van der Waals surface area (Å²) >= 11 is 0. The fraction of sp³-hybridized carbons (Fsp3) is 0.286. The van der Waals surface area contributed by atoms with Gasteiger partial charge in [0, 0.05) is 5.56 Å². The fourth-order valence-corrected chi connectivity index (χ4v) is 1.91. The number of rotatable bonds is 5. The molecule has 0 bridgehead atoms. The van der Waals surface area contributed by atoms with Crippen LogP contribution in [0.1, 0.15) is 12.5 Å². The van der Waals surface area contributed by atoms with Crippen molar-refractivity contribution in [3.05, 3.63) is 42.0 Å². The van der Waals surface area contributed by atoms with Gasteiger partial charge in [-0.25, -0.2) is 0 Å². The average Bonchev–Trinajstić information content (AvgIpc) is 2.39. The van der Waals surface area contributed by atoms with Crippen LogP contribution in [0.3, 0.4) is 0 Å². The molecule has 0 heterocycles. The Morgan fingerprint density at radius 2 is 1.94 bits per heavy atom. The van der Waals surface area contributed by atoms with E-state index >= 15 is 0 Å². The van der Waals surface area contributed by atoms with E-state index in [4.69, 9.17) is 9.57 Å². The van der Waals surface area contributed by atoms with Gasteiger partial charge in [-0.1, -0.05) is 30.3 Å². The largest absolute Gasteiger partial charge is 0.496 e. The zero-order valence-corrected chi connectivity index (χ0v) is 10.2. The second kappa shape index (κ2) is 5.66. The molecule has 0 fully saturated rings. The lowest BCUT2D eigenvalue weighted by Gasteiger charge is -2.12. The van der Waals surface area contributed by atoms with Crippen molar-refractivity contribution in [1.29, 1.82) is 0 Å². The number of hydrogen-bond acceptors (Lipinski definition) is 3. The predicted octanol–water partition coefficient (Wildman–Crippen LogP) is 2.89. The van der Waals surface area contributed by atoms with Gasteiger partial charge in [-0.05, 0) is 23.8 Å². The van der Waals surface area contributed by atoms with Crippen LogP contribution in [0.4, 0.5) is 0 Å². The van der Waals surface area contributed by atoms with Crippen molar-refractivity contribution in [2.45, 2.75) is 13.5 Å². The van der Waals surface area contributed by atoms with Crippen molar-refractivity contribution in [3.63, 3.8) is 0 Å². The van der Waals surface area contributed by atoms with Crippen molar-refractivity contribution < 1.29 is 9.57 Å². The Bertz CT molecular complexity index is 497. The molecular weight excluding hydrogens is 214 g/mol. The predicted molar refractivity (Wildman–Crippen MR) is 69.0 cm³/mol. The first kappa shape index (κ1) is 11.9. The first-order valence-corrected chi connectivity index (χ1v) is 5.76. The molecule has 0 radical (unpaired) electrons. The summed E-state index contributed by atoms with van der Waals surface area (Å²) in [5.74, 6) is 0.885. The molecule has 0 atom stereocenters.